The zero-order valence-corrected chi connectivity index (χ0v) is 15.4. The summed E-state index contributed by atoms with van der Waals surface area (Å²) in [5.41, 5.74) is 5.57. The van der Waals surface area contributed by atoms with Crippen molar-refractivity contribution in [1.29, 1.82) is 0 Å². The van der Waals surface area contributed by atoms with E-state index >= 15 is 0 Å². The molecule has 1 fully saturated rings. The second-order valence-electron chi connectivity index (χ2n) is 6.46. The third-order valence-electron chi connectivity index (χ3n) is 4.63. The molecular formula is C16H24N4O5S. The van der Waals surface area contributed by atoms with Gasteiger partial charge in [-0.15, -0.1) is 0 Å². The van der Waals surface area contributed by atoms with Gasteiger partial charge >= 0.3 is 0 Å². The van der Waals surface area contributed by atoms with Crippen LogP contribution in [0.4, 0.5) is 11.4 Å². The van der Waals surface area contributed by atoms with Crippen molar-refractivity contribution in [2.24, 2.45) is 17.6 Å². The molecule has 2 atom stereocenters. The highest BCUT2D eigenvalue weighted by atomic mass is 32.2. The number of benzene rings is 1. The molecule has 0 saturated heterocycles. The lowest BCUT2D eigenvalue weighted by Gasteiger charge is -2.17. The van der Waals surface area contributed by atoms with Gasteiger partial charge in [-0.1, -0.05) is 6.42 Å². The standard InChI is InChI=1S/C16H24N4O5S/c1-26(24,25)12-5-6-14(15(9-12)20(22)23)18-7-8-19-16(21)13-4-2-3-11(13)10-17/h5-6,9,11,13,18H,2-4,7-8,10,17H2,1H3,(H,19,21)/t11-,13-/m1/s1. The predicted octanol–water partition coefficient (Wildman–Crippen LogP) is 0.901. The normalized spacial score (nSPS) is 19.9. The molecule has 9 nitrogen and oxygen atoms in total. The maximum Gasteiger partial charge on any atom is 0.293 e. The van der Waals surface area contributed by atoms with Crippen molar-refractivity contribution >= 4 is 27.1 Å². The highest BCUT2D eigenvalue weighted by Crippen LogP contribution is 2.31. The van der Waals surface area contributed by atoms with E-state index in [4.69, 9.17) is 5.73 Å². The SMILES string of the molecule is CS(=O)(=O)c1ccc(NCCNC(=O)[C@@H]2CCC[C@@H]2CN)c([N+](=O)[O-])c1. The molecule has 1 saturated carbocycles. The number of carbonyl (C=O) groups excluding carboxylic acids is 1. The summed E-state index contributed by atoms with van der Waals surface area (Å²) in [6.45, 7) is 1.08. The predicted molar refractivity (Wildman–Crippen MR) is 97.6 cm³/mol. The Morgan fingerprint density at radius 2 is 2.08 bits per heavy atom. The van der Waals surface area contributed by atoms with Crippen molar-refractivity contribution in [2.75, 3.05) is 31.2 Å². The van der Waals surface area contributed by atoms with Crippen LogP contribution in [0.3, 0.4) is 0 Å². The average Bonchev–Trinajstić information content (AvgIpc) is 3.06. The van der Waals surface area contributed by atoms with Gasteiger partial charge in [0.2, 0.25) is 5.91 Å². The molecule has 2 rings (SSSR count). The first-order chi connectivity index (χ1) is 12.2. The van der Waals surface area contributed by atoms with Crippen molar-refractivity contribution in [3.8, 4) is 0 Å². The third-order valence-corrected chi connectivity index (χ3v) is 5.74. The van der Waals surface area contributed by atoms with Crippen LogP contribution in [0.15, 0.2) is 23.1 Å². The molecule has 0 heterocycles. The summed E-state index contributed by atoms with van der Waals surface area (Å²) in [4.78, 5) is 22.6. The van der Waals surface area contributed by atoms with Crippen molar-refractivity contribution in [1.82, 2.24) is 5.32 Å². The molecule has 4 N–H and O–H groups in total. The number of amides is 1. The summed E-state index contributed by atoms with van der Waals surface area (Å²) in [6, 6.07) is 3.70. The fourth-order valence-corrected chi connectivity index (χ4v) is 3.86. The van der Waals surface area contributed by atoms with Crippen LogP contribution >= 0.6 is 0 Å². The number of nitro benzene ring substituents is 1. The molecular weight excluding hydrogens is 360 g/mol. The highest BCUT2D eigenvalue weighted by molar-refractivity contribution is 7.90. The molecule has 0 spiro atoms. The molecule has 1 aromatic rings. The Balaban J connectivity index is 1.93. The Morgan fingerprint density at radius 1 is 1.35 bits per heavy atom. The monoisotopic (exact) mass is 384 g/mol. The van der Waals surface area contributed by atoms with E-state index in [1.54, 1.807) is 0 Å². The number of nitro groups is 1. The van der Waals surface area contributed by atoms with E-state index in [1.807, 2.05) is 0 Å². The summed E-state index contributed by atoms with van der Waals surface area (Å²) < 4.78 is 23.1. The first-order valence-corrected chi connectivity index (χ1v) is 10.3. The van der Waals surface area contributed by atoms with E-state index < -0.39 is 14.8 Å². The van der Waals surface area contributed by atoms with Gasteiger partial charge in [0.05, 0.1) is 9.82 Å². The number of nitrogens with zero attached hydrogens (tertiary/aromatic N) is 1. The van der Waals surface area contributed by atoms with Crippen LogP contribution in [-0.2, 0) is 14.6 Å². The van der Waals surface area contributed by atoms with E-state index in [-0.39, 0.29) is 40.6 Å². The number of anilines is 1. The molecule has 0 unspecified atom stereocenters. The number of nitrogens with two attached hydrogens (primary N) is 1. The van der Waals surface area contributed by atoms with Crippen LogP contribution in [0.5, 0.6) is 0 Å². The van der Waals surface area contributed by atoms with Crippen molar-refractivity contribution in [2.45, 2.75) is 24.2 Å². The molecule has 1 aromatic carbocycles. The minimum atomic E-state index is -3.53. The van der Waals surface area contributed by atoms with E-state index in [1.165, 1.54) is 12.1 Å². The number of sulfone groups is 1. The van der Waals surface area contributed by atoms with E-state index in [9.17, 15) is 23.3 Å². The Kier molecular flexibility index (Phi) is 6.54. The minimum absolute atomic E-state index is 0.0401. The number of rotatable bonds is 8. The Bertz CT molecular complexity index is 781. The van der Waals surface area contributed by atoms with Gasteiger partial charge in [-0.3, -0.25) is 14.9 Å². The molecule has 26 heavy (non-hydrogen) atoms. The van der Waals surface area contributed by atoms with E-state index in [2.05, 4.69) is 10.6 Å². The Hall–Kier alpha value is -2.20. The fraction of sp³-hybridized carbons (Fsp3) is 0.562. The maximum atomic E-state index is 12.2. The summed E-state index contributed by atoms with van der Waals surface area (Å²) in [6.07, 6.45) is 3.79. The van der Waals surface area contributed by atoms with Crippen LogP contribution in [0.2, 0.25) is 0 Å². The first-order valence-electron chi connectivity index (χ1n) is 8.44. The molecule has 0 bridgehead atoms. The van der Waals surface area contributed by atoms with Gasteiger partial charge in [0.1, 0.15) is 5.69 Å². The highest BCUT2D eigenvalue weighted by Gasteiger charge is 2.31. The smallest absolute Gasteiger partial charge is 0.293 e. The molecule has 0 aliphatic heterocycles. The quantitative estimate of drug-likeness (QED) is 0.343. The van der Waals surface area contributed by atoms with Crippen LogP contribution in [0.25, 0.3) is 0 Å². The minimum Gasteiger partial charge on any atom is -0.378 e. The zero-order chi connectivity index (χ0) is 19.3. The van der Waals surface area contributed by atoms with Gasteiger partial charge in [0.25, 0.3) is 5.69 Å². The van der Waals surface area contributed by atoms with Gasteiger partial charge in [-0.2, -0.15) is 0 Å². The lowest BCUT2D eigenvalue weighted by Crippen LogP contribution is -2.37. The summed E-state index contributed by atoms with van der Waals surface area (Å²) >= 11 is 0. The molecule has 1 aliphatic carbocycles. The molecule has 0 aromatic heterocycles. The summed E-state index contributed by atoms with van der Waals surface area (Å²) in [5, 5.41) is 16.9. The molecule has 0 radical (unpaired) electrons. The maximum absolute atomic E-state index is 12.2. The Labute approximate surface area is 152 Å². The largest absolute Gasteiger partial charge is 0.378 e. The van der Waals surface area contributed by atoms with Crippen LogP contribution in [-0.4, -0.2) is 45.1 Å². The van der Waals surface area contributed by atoms with E-state index in [0.29, 0.717) is 13.1 Å². The van der Waals surface area contributed by atoms with Gasteiger partial charge in [-0.05, 0) is 37.4 Å². The van der Waals surface area contributed by atoms with Crippen LogP contribution < -0.4 is 16.4 Å². The number of hydrogen-bond acceptors (Lipinski definition) is 7. The van der Waals surface area contributed by atoms with Crippen LogP contribution in [0.1, 0.15) is 19.3 Å². The molecule has 1 amide bonds. The molecule has 1 aliphatic rings. The third kappa shape index (κ3) is 4.92. The second kappa shape index (κ2) is 8.45. The number of nitrogens with one attached hydrogen (secondary N) is 2. The lowest BCUT2D eigenvalue weighted by atomic mass is 9.95. The van der Waals surface area contributed by atoms with Gasteiger partial charge in [0, 0.05) is 31.3 Å². The fourth-order valence-electron chi connectivity index (χ4n) is 3.22. The van der Waals surface area contributed by atoms with Crippen molar-refractivity contribution in [3.63, 3.8) is 0 Å². The second-order valence-corrected chi connectivity index (χ2v) is 8.47. The number of carbonyl (C=O) groups is 1. The Morgan fingerprint density at radius 3 is 2.69 bits per heavy atom. The molecule has 144 valence electrons. The van der Waals surface area contributed by atoms with Gasteiger partial charge < -0.3 is 16.4 Å². The first kappa shape index (κ1) is 20.1. The summed E-state index contributed by atoms with van der Waals surface area (Å²) in [5.74, 6) is 0.109. The number of hydrogen-bond donors (Lipinski definition) is 3. The molecule has 10 heteroatoms. The topological polar surface area (TPSA) is 144 Å². The lowest BCUT2D eigenvalue weighted by molar-refractivity contribution is -0.384. The van der Waals surface area contributed by atoms with Gasteiger partial charge in [0.15, 0.2) is 9.84 Å². The van der Waals surface area contributed by atoms with Crippen molar-refractivity contribution in [3.05, 3.63) is 28.3 Å². The van der Waals surface area contributed by atoms with Gasteiger partial charge in [-0.25, -0.2) is 8.42 Å². The zero-order valence-electron chi connectivity index (χ0n) is 14.6. The average molecular weight is 384 g/mol. The van der Waals surface area contributed by atoms with Crippen molar-refractivity contribution < 1.29 is 18.1 Å². The van der Waals surface area contributed by atoms with Crippen LogP contribution in [0, 0.1) is 22.0 Å². The van der Waals surface area contributed by atoms with E-state index in [0.717, 1.165) is 31.6 Å². The summed E-state index contributed by atoms with van der Waals surface area (Å²) in [7, 11) is -3.53.